The van der Waals surface area contributed by atoms with Gasteiger partial charge < -0.3 is 9.47 Å². The molecule has 0 aromatic heterocycles. The Morgan fingerprint density at radius 2 is 0.659 bits per heavy atom. The van der Waals surface area contributed by atoms with E-state index in [0.29, 0.717) is 0 Å². The van der Waals surface area contributed by atoms with Crippen molar-refractivity contribution in [2.75, 3.05) is 0 Å². The summed E-state index contributed by atoms with van der Waals surface area (Å²) < 4.78 is 11.6. The minimum Gasteiger partial charge on any atom is -0.457 e. The summed E-state index contributed by atoms with van der Waals surface area (Å²) in [6, 6.07) is 56.1. The monoisotopic (exact) mass is 570 g/mol. The van der Waals surface area contributed by atoms with Gasteiger partial charge in [-0.05, 0) is 109 Å². The number of hydrogen-bond acceptors (Lipinski definition) is 2. The minimum atomic E-state index is 0.812. The molecule has 0 unspecified atom stereocenters. The first-order valence-electron chi connectivity index (χ1n) is 14.6. The molecule has 6 rings (SSSR count). The summed E-state index contributed by atoms with van der Waals surface area (Å²) in [4.78, 5) is 0. The molecular weight excluding hydrogens is 536 g/mol. The van der Waals surface area contributed by atoms with Crippen LogP contribution >= 0.6 is 0 Å². The predicted molar refractivity (Wildman–Crippen MR) is 183 cm³/mol. The van der Waals surface area contributed by atoms with Gasteiger partial charge in [0.2, 0.25) is 0 Å². The molecular formula is C42H34O2. The summed E-state index contributed by atoms with van der Waals surface area (Å²) in [5.74, 6) is 9.64. The summed E-state index contributed by atoms with van der Waals surface area (Å²) in [7, 11) is 0. The average molecular weight is 571 g/mol. The second-order valence-corrected chi connectivity index (χ2v) is 10.1. The van der Waals surface area contributed by atoms with Crippen LogP contribution in [0.4, 0.5) is 0 Å². The first kappa shape index (κ1) is 29.7. The van der Waals surface area contributed by atoms with Crippen molar-refractivity contribution in [2.24, 2.45) is 0 Å². The number of allylic oxidation sites excluding steroid dienone is 2. The van der Waals surface area contributed by atoms with Crippen molar-refractivity contribution in [1.29, 1.82) is 0 Å². The van der Waals surface area contributed by atoms with Crippen LogP contribution in [0.2, 0.25) is 0 Å². The Morgan fingerprint density at radius 3 is 1.11 bits per heavy atom. The molecule has 6 aromatic rings. The SMILES string of the molecule is C(#Cc1ccc(Oc2ccccc2)cc1)c1ccccc1.C/C(=C(\C)c1ccc(Oc2ccccc2)cc1)c1ccccc1. The van der Waals surface area contributed by atoms with Crippen LogP contribution in [0.5, 0.6) is 23.0 Å². The fourth-order valence-corrected chi connectivity index (χ4v) is 4.42. The van der Waals surface area contributed by atoms with Gasteiger partial charge in [0.25, 0.3) is 0 Å². The molecule has 0 saturated carbocycles. The molecule has 0 N–H and O–H groups in total. The number of rotatable bonds is 6. The highest BCUT2D eigenvalue weighted by Crippen LogP contribution is 2.28. The van der Waals surface area contributed by atoms with Crippen LogP contribution < -0.4 is 9.47 Å². The maximum atomic E-state index is 5.84. The fourth-order valence-electron chi connectivity index (χ4n) is 4.42. The molecule has 2 nitrogen and oxygen atoms in total. The molecule has 6 aromatic carbocycles. The smallest absolute Gasteiger partial charge is 0.127 e. The van der Waals surface area contributed by atoms with Gasteiger partial charge in [-0.3, -0.25) is 0 Å². The van der Waals surface area contributed by atoms with Crippen molar-refractivity contribution in [3.63, 3.8) is 0 Å². The van der Waals surface area contributed by atoms with Crippen molar-refractivity contribution < 1.29 is 9.47 Å². The van der Waals surface area contributed by atoms with E-state index in [1.54, 1.807) is 0 Å². The van der Waals surface area contributed by atoms with Gasteiger partial charge >= 0.3 is 0 Å². The Kier molecular flexibility index (Phi) is 10.4. The van der Waals surface area contributed by atoms with E-state index in [1.807, 2.05) is 133 Å². The third-order valence-corrected chi connectivity index (χ3v) is 6.99. The second kappa shape index (κ2) is 15.4. The highest BCUT2D eigenvalue weighted by atomic mass is 16.5. The zero-order valence-corrected chi connectivity index (χ0v) is 25.0. The molecule has 0 aliphatic heterocycles. The van der Waals surface area contributed by atoms with Gasteiger partial charge in [-0.1, -0.05) is 109 Å². The molecule has 0 bridgehead atoms. The fraction of sp³-hybridized carbons (Fsp3) is 0.0476. The van der Waals surface area contributed by atoms with E-state index in [1.165, 1.54) is 22.3 Å². The summed E-state index contributed by atoms with van der Waals surface area (Å²) in [5, 5.41) is 0. The second-order valence-electron chi connectivity index (χ2n) is 10.1. The van der Waals surface area contributed by atoms with E-state index in [2.05, 4.69) is 62.1 Å². The van der Waals surface area contributed by atoms with E-state index >= 15 is 0 Å². The highest BCUT2D eigenvalue weighted by molar-refractivity contribution is 5.88. The largest absolute Gasteiger partial charge is 0.457 e. The van der Waals surface area contributed by atoms with Crippen LogP contribution in [-0.4, -0.2) is 0 Å². The van der Waals surface area contributed by atoms with Crippen LogP contribution in [0, 0.1) is 11.8 Å². The highest BCUT2D eigenvalue weighted by Gasteiger charge is 2.04. The number of para-hydroxylation sites is 2. The maximum Gasteiger partial charge on any atom is 0.127 e. The molecule has 214 valence electrons. The van der Waals surface area contributed by atoms with Gasteiger partial charge in [0.1, 0.15) is 23.0 Å². The zero-order chi connectivity index (χ0) is 30.4. The van der Waals surface area contributed by atoms with Gasteiger partial charge in [-0.15, -0.1) is 0 Å². The third kappa shape index (κ3) is 8.86. The normalized spacial score (nSPS) is 10.7. The van der Waals surface area contributed by atoms with E-state index in [4.69, 9.17) is 9.47 Å². The molecule has 0 fully saturated rings. The molecule has 44 heavy (non-hydrogen) atoms. The van der Waals surface area contributed by atoms with E-state index in [-0.39, 0.29) is 0 Å². The molecule has 0 amide bonds. The summed E-state index contributed by atoms with van der Waals surface area (Å²) in [5.41, 5.74) is 7.03. The van der Waals surface area contributed by atoms with Crippen LogP contribution in [0.15, 0.2) is 170 Å². The molecule has 0 radical (unpaired) electrons. The van der Waals surface area contributed by atoms with Crippen molar-refractivity contribution in [1.82, 2.24) is 0 Å². The van der Waals surface area contributed by atoms with E-state index < -0.39 is 0 Å². The zero-order valence-electron chi connectivity index (χ0n) is 25.0. The maximum absolute atomic E-state index is 5.84. The molecule has 0 heterocycles. The molecule has 0 aliphatic carbocycles. The van der Waals surface area contributed by atoms with Crippen LogP contribution in [0.25, 0.3) is 11.1 Å². The molecule has 0 spiro atoms. The van der Waals surface area contributed by atoms with Gasteiger partial charge in [-0.25, -0.2) is 0 Å². The Morgan fingerprint density at radius 1 is 0.341 bits per heavy atom. The van der Waals surface area contributed by atoms with Crippen molar-refractivity contribution in [3.05, 3.63) is 192 Å². The quantitative estimate of drug-likeness (QED) is 0.146. The molecule has 0 aliphatic rings. The predicted octanol–water partition coefficient (Wildman–Crippen LogP) is 11.3. The topological polar surface area (TPSA) is 18.5 Å². The van der Waals surface area contributed by atoms with Crippen molar-refractivity contribution in [3.8, 4) is 34.8 Å². The van der Waals surface area contributed by atoms with Crippen molar-refractivity contribution in [2.45, 2.75) is 13.8 Å². The van der Waals surface area contributed by atoms with E-state index in [0.717, 1.165) is 34.1 Å². The number of ether oxygens (including phenoxy) is 2. The van der Waals surface area contributed by atoms with E-state index in [9.17, 15) is 0 Å². The van der Waals surface area contributed by atoms with Gasteiger partial charge in [0.05, 0.1) is 0 Å². The van der Waals surface area contributed by atoms with Crippen LogP contribution in [0.1, 0.15) is 36.1 Å². The Balaban J connectivity index is 0.000000175. The van der Waals surface area contributed by atoms with Crippen molar-refractivity contribution >= 4 is 11.1 Å². The minimum absolute atomic E-state index is 0.812. The number of hydrogen-bond donors (Lipinski definition) is 0. The first-order valence-corrected chi connectivity index (χ1v) is 14.6. The third-order valence-electron chi connectivity index (χ3n) is 6.99. The lowest BCUT2D eigenvalue weighted by Crippen LogP contribution is -1.88. The molecule has 0 saturated heterocycles. The molecule has 2 heteroatoms. The Labute approximate surface area is 260 Å². The Bertz CT molecular complexity index is 1810. The standard InChI is InChI=1S/C22H20O.C20H14O/c1-17(19-9-5-3-6-10-19)18(2)20-13-15-22(16-14-20)23-21-11-7-4-8-12-21;1-3-7-17(8-4-1)11-12-18-13-15-20(16-14-18)21-19-9-5-2-6-10-19/h3-16H,1-2H3;1-10,13-16H/b18-17-;. The van der Waals surface area contributed by atoms with Gasteiger partial charge in [0, 0.05) is 11.1 Å². The van der Waals surface area contributed by atoms with Gasteiger partial charge in [-0.2, -0.15) is 0 Å². The lowest BCUT2D eigenvalue weighted by molar-refractivity contribution is 0.482. The van der Waals surface area contributed by atoms with Gasteiger partial charge in [0.15, 0.2) is 0 Å². The lowest BCUT2D eigenvalue weighted by atomic mass is 9.97. The first-order chi connectivity index (χ1) is 21.6. The lowest BCUT2D eigenvalue weighted by Gasteiger charge is -2.10. The molecule has 0 atom stereocenters. The number of benzene rings is 6. The Hall–Kier alpha value is -5.78. The average Bonchev–Trinajstić information content (AvgIpc) is 3.10. The van der Waals surface area contributed by atoms with Crippen LogP contribution in [0.3, 0.4) is 0 Å². The summed E-state index contributed by atoms with van der Waals surface area (Å²) >= 11 is 0. The van der Waals surface area contributed by atoms with Crippen LogP contribution in [-0.2, 0) is 0 Å². The summed E-state index contributed by atoms with van der Waals surface area (Å²) in [6.07, 6.45) is 0. The summed E-state index contributed by atoms with van der Waals surface area (Å²) in [6.45, 7) is 4.33.